The van der Waals surface area contributed by atoms with Crippen molar-refractivity contribution in [2.45, 2.75) is 20.4 Å². The molecule has 3 aromatic heterocycles. The monoisotopic (exact) mass is 376 g/mol. The van der Waals surface area contributed by atoms with Gasteiger partial charge in [-0.1, -0.05) is 19.9 Å². The summed E-state index contributed by atoms with van der Waals surface area (Å²) in [5.41, 5.74) is 3.41. The van der Waals surface area contributed by atoms with E-state index in [0.717, 1.165) is 17.7 Å². The average Bonchev–Trinajstić information content (AvgIpc) is 3.27. The van der Waals surface area contributed by atoms with Crippen LogP contribution in [-0.2, 0) is 6.54 Å². The number of aromatic nitrogens is 5. The maximum atomic E-state index is 11.1. The first kappa shape index (κ1) is 17.7. The molecular weight excluding hydrogens is 356 g/mol. The van der Waals surface area contributed by atoms with Gasteiger partial charge in [0.05, 0.1) is 11.8 Å². The van der Waals surface area contributed by atoms with Crippen molar-refractivity contribution in [2.24, 2.45) is 5.92 Å². The van der Waals surface area contributed by atoms with Crippen molar-refractivity contribution in [1.29, 1.82) is 0 Å². The predicted octanol–water partition coefficient (Wildman–Crippen LogP) is 3.69. The largest absolute Gasteiger partial charge is 0.478 e. The van der Waals surface area contributed by atoms with Crippen LogP contribution in [0.3, 0.4) is 0 Å². The van der Waals surface area contributed by atoms with Crippen molar-refractivity contribution >= 4 is 23.3 Å². The number of aromatic carboxylic acids is 1. The van der Waals surface area contributed by atoms with E-state index in [0.29, 0.717) is 23.2 Å². The molecule has 3 heterocycles. The van der Waals surface area contributed by atoms with Crippen molar-refractivity contribution in [1.82, 2.24) is 24.4 Å². The molecule has 0 aliphatic rings. The van der Waals surface area contributed by atoms with E-state index in [4.69, 9.17) is 5.11 Å². The van der Waals surface area contributed by atoms with E-state index in [1.165, 1.54) is 6.07 Å². The number of pyridine rings is 1. The highest BCUT2D eigenvalue weighted by Gasteiger charge is 2.12. The van der Waals surface area contributed by atoms with Crippen molar-refractivity contribution < 1.29 is 9.90 Å². The molecule has 0 fully saturated rings. The molecule has 142 valence electrons. The number of benzene rings is 1. The van der Waals surface area contributed by atoms with Gasteiger partial charge in [0, 0.05) is 35.8 Å². The maximum absolute atomic E-state index is 11.1. The molecule has 4 rings (SSSR count). The highest BCUT2D eigenvalue weighted by molar-refractivity contribution is 5.89. The molecule has 0 aliphatic carbocycles. The lowest BCUT2D eigenvalue weighted by atomic mass is 10.1. The Morgan fingerprint density at radius 2 is 2.11 bits per heavy atom. The van der Waals surface area contributed by atoms with Gasteiger partial charge in [0.2, 0.25) is 5.95 Å². The lowest BCUT2D eigenvalue weighted by Gasteiger charge is -2.03. The van der Waals surface area contributed by atoms with Gasteiger partial charge in [0.15, 0.2) is 5.65 Å². The number of rotatable bonds is 6. The lowest BCUT2D eigenvalue weighted by molar-refractivity contribution is 0.0697. The van der Waals surface area contributed by atoms with Crippen LogP contribution in [0.1, 0.15) is 24.2 Å². The Kier molecular flexibility index (Phi) is 4.52. The number of carboxylic acid groups (broad SMARTS) is 1. The third-order valence-corrected chi connectivity index (χ3v) is 4.22. The van der Waals surface area contributed by atoms with E-state index in [9.17, 15) is 4.79 Å². The van der Waals surface area contributed by atoms with Crippen LogP contribution in [0.5, 0.6) is 0 Å². The summed E-state index contributed by atoms with van der Waals surface area (Å²) < 4.78 is 3.62. The summed E-state index contributed by atoms with van der Waals surface area (Å²) in [4.78, 5) is 15.7. The third-order valence-electron chi connectivity index (χ3n) is 4.22. The van der Waals surface area contributed by atoms with Gasteiger partial charge in [-0.25, -0.2) is 9.31 Å². The molecule has 0 bridgehead atoms. The zero-order valence-electron chi connectivity index (χ0n) is 15.6. The quantitative estimate of drug-likeness (QED) is 0.533. The van der Waals surface area contributed by atoms with Crippen molar-refractivity contribution in [3.05, 3.63) is 60.6 Å². The number of anilines is 2. The molecule has 8 heteroatoms. The second-order valence-corrected chi connectivity index (χ2v) is 6.98. The van der Waals surface area contributed by atoms with Crippen LogP contribution in [0.25, 0.3) is 16.8 Å². The number of hydrogen-bond acceptors (Lipinski definition) is 5. The minimum atomic E-state index is -0.979. The first-order valence-electron chi connectivity index (χ1n) is 8.98. The maximum Gasteiger partial charge on any atom is 0.335 e. The molecule has 0 atom stereocenters. The van der Waals surface area contributed by atoms with Crippen LogP contribution in [-0.4, -0.2) is 35.5 Å². The summed E-state index contributed by atoms with van der Waals surface area (Å²) in [5, 5.41) is 21.1. The van der Waals surface area contributed by atoms with E-state index in [2.05, 4.69) is 34.3 Å². The molecule has 0 aliphatic heterocycles. The summed E-state index contributed by atoms with van der Waals surface area (Å²) in [6.07, 6.45) is 5.66. The van der Waals surface area contributed by atoms with E-state index >= 15 is 0 Å². The number of fused-ring (bicyclic) bond motifs is 1. The Morgan fingerprint density at radius 1 is 1.25 bits per heavy atom. The van der Waals surface area contributed by atoms with Gasteiger partial charge in [-0.3, -0.25) is 4.68 Å². The minimum Gasteiger partial charge on any atom is -0.478 e. The number of carboxylic acids is 1. The number of hydrogen-bond donors (Lipinski definition) is 2. The number of nitrogens with one attached hydrogen (secondary N) is 1. The molecule has 0 saturated carbocycles. The average molecular weight is 376 g/mol. The topological polar surface area (TPSA) is 97.3 Å². The summed E-state index contributed by atoms with van der Waals surface area (Å²) in [5.74, 6) is -0.0779. The predicted molar refractivity (Wildman–Crippen MR) is 106 cm³/mol. The van der Waals surface area contributed by atoms with Gasteiger partial charge in [-0.15, -0.1) is 5.10 Å². The fraction of sp³-hybridized carbons (Fsp3) is 0.200. The second-order valence-electron chi connectivity index (χ2n) is 6.98. The zero-order chi connectivity index (χ0) is 19.7. The SMILES string of the molecule is CC(C)Cn1cc(-c2cccn3nc(Nc4cccc(C(=O)O)c4)nc23)cn1. The normalized spacial score (nSPS) is 11.2. The van der Waals surface area contributed by atoms with Crippen molar-refractivity contribution in [3.8, 4) is 11.1 Å². The molecule has 28 heavy (non-hydrogen) atoms. The minimum absolute atomic E-state index is 0.201. The van der Waals surface area contributed by atoms with Crippen molar-refractivity contribution in [3.63, 3.8) is 0 Å². The molecule has 0 saturated heterocycles. The van der Waals surface area contributed by atoms with Gasteiger partial charge in [-0.05, 0) is 36.2 Å². The summed E-state index contributed by atoms with van der Waals surface area (Å²) in [6, 6.07) is 10.4. The highest BCUT2D eigenvalue weighted by Crippen LogP contribution is 2.25. The van der Waals surface area contributed by atoms with Crippen LogP contribution in [0.15, 0.2) is 55.0 Å². The Balaban J connectivity index is 1.66. The lowest BCUT2D eigenvalue weighted by Crippen LogP contribution is -2.04. The Bertz CT molecular complexity index is 1140. The first-order valence-corrected chi connectivity index (χ1v) is 8.98. The molecule has 0 radical (unpaired) electrons. The van der Waals surface area contributed by atoms with Crippen LogP contribution in [0, 0.1) is 5.92 Å². The van der Waals surface area contributed by atoms with E-state index in [1.54, 1.807) is 22.7 Å². The van der Waals surface area contributed by atoms with Crippen LogP contribution in [0.4, 0.5) is 11.6 Å². The summed E-state index contributed by atoms with van der Waals surface area (Å²) in [7, 11) is 0. The molecule has 4 aromatic rings. The fourth-order valence-corrected chi connectivity index (χ4v) is 3.02. The molecule has 0 spiro atoms. The number of nitrogens with zero attached hydrogens (tertiary/aromatic N) is 5. The fourth-order valence-electron chi connectivity index (χ4n) is 3.02. The van der Waals surface area contributed by atoms with Gasteiger partial charge >= 0.3 is 5.97 Å². The molecule has 8 nitrogen and oxygen atoms in total. The summed E-state index contributed by atoms with van der Waals surface area (Å²) >= 11 is 0. The van der Waals surface area contributed by atoms with Gasteiger partial charge in [0.25, 0.3) is 0 Å². The smallest absolute Gasteiger partial charge is 0.335 e. The standard InChI is InChI=1S/C20H20N6O2/c1-13(2)11-25-12-15(10-21-25)17-7-4-8-26-18(17)23-20(24-26)22-16-6-3-5-14(9-16)19(27)28/h3-10,12-13H,11H2,1-2H3,(H,22,24)(H,27,28). The van der Waals surface area contributed by atoms with Gasteiger partial charge in [-0.2, -0.15) is 10.1 Å². The molecule has 2 N–H and O–H groups in total. The van der Waals surface area contributed by atoms with Gasteiger partial charge < -0.3 is 10.4 Å². The Labute approximate surface area is 161 Å². The van der Waals surface area contributed by atoms with Crippen molar-refractivity contribution in [2.75, 3.05) is 5.32 Å². The molecule has 0 amide bonds. The Hall–Kier alpha value is -3.68. The third kappa shape index (κ3) is 3.57. The molecule has 0 unspecified atom stereocenters. The Morgan fingerprint density at radius 3 is 2.89 bits per heavy atom. The van der Waals surface area contributed by atoms with Crippen LogP contribution in [0.2, 0.25) is 0 Å². The van der Waals surface area contributed by atoms with E-state index < -0.39 is 5.97 Å². The van der Waals surface area contributed by atoms with Crippen LogP contribution >= 0.6 is 0 Å². The molecule has 1 aromatic carbocycles. The molecular formula is C20H20N6O2. The van der Waals surface area contributed by atoms with Crippen LogP contribution < -0.4 is 5.32 Å². The zero-order valence-corrected chi connectivity index (χ0v) is 15.6. The second kappa shape index (κ2) is 7.15. The van der Waals surface area contributed by atoms with Gasteiger partial charge in [0.1, 0.15) is 0 Å². The highest BCUT2D eigenvalue weighted by atomic mass is 16.4. The van der Waals surface area contributed by atoms with E-state index in [-0.39, 0.29) is 5.56 Å². The summed E-state index contributed by atoms with van der Waals surface area (Å²) in [6.45, 7) is 5.15. The first-order chi connectivity index (χ1) is 13.5. The van der Waals surface area contributed by atoms with E-state index in [1.807, 2.05) is 35.4 Å². The number of carbonyl (C=O) groups is 1.